The Morgan fingerprint density at radius 2 is 1.83 bits per heavy atom. The number of amides is 2. The van der Waals surface area contributed by atoms with Crippen molar-refractivity contribution in [2.24, 2.45) is 0 Å². The van der Waals surface area contributed by atoms with Gasteiger partial charge < -0.3 is 14.4 Å². The molecule has 1 aliphatic carbocycles. The molecule has 6 nitrogen and oxygen atoms in total. The van der Waals surface area contributed by atoms with E-state index in [4.69, 9.17) is 4.18 Å². The van der Waals surface area contributed by atoms with E-state index in [1.807, 2.05) is 25.7 Å². The summed E-state index contributed by atoms with van der Waals surface area (Å²) in [6.07, 6.45) is 2.04. The van der Waals surface area contributed by atoms with Crippen molar-refractivity contribution in [1.82, 2.24) is 10.2 Å². The van der Waals surface area contributed by atoms with E-state index in [9.17, 15) is 13.2 Å². The van der Waals surface area contributed by atoms with E-state index in [1.54, 1.807) is 24.3 Å². The molecule has 0 unspecified atom stereocenters. The molecule has 1 N–H and O–H groups in total. The summed E-state index contributed by atoms with van der Waals surface area (Å²) in [5.74, 6) is 0.217. The monoisotopic (exact) mass is 354 g/mol. The van der Waals surface area contributed by atoms with E-state index in [-0.39, 0.29) is 29.1 Å². The van der Waals surface area contributed by atoms with E-state index < -0.39 is 10.1 Å². The van der Waals surface area contributed by atoms with Crippen molar-refractivity contribution in [2.75, 3.05) is 5.75 Å². The third-order valence-corrected chi connectivity index (χ3v) is 4.74. The Hall–Kier alpha value is -1.76. The summed E-state index contributed by atoms with van der Waals surface area (Å²) in [6, 6.07) is 7.04. The molecule has 1 aromatic carbocycles. The van der Waals surface area contributed by atoms with Crippen LogP contribution in [0.1, 0.15) is 46.1 Å². The summed E-state index contributed by atoms with van der Waals surface area (Å²) >= 11 is 0. The lowest BCUT2D eigenvalue weighted by molar-refractivity contribution is 0.183. The maximum Gasteiger partial charge on any atom is 0.318 e. The standard InChI is InChI=1S/C17H26N2O4S/c1-5-24(21,22)23-15-10-6-13(7-11-15)12-19(14-8-9-14)16(20)18-17(2,3)4/h6-7,10-11,14H,5,8-9,12H2,1-4H3,(H,18,20). The number of carbonyl (C=O) groups excluding carboxylic acids is 1. The lowest BCUT2D eigenvalue weighted by Crippen LogP contribution is -2.49. The van der Waals surface area contributed by atoms with Crippen molar-refractivity contribution >= 4 is 16.1 Å². The molecule has 2 rings (SSSR count). The van der Waals surface area contributed by atoms with Gasteiger partial charge >= 0.3 is 16.1 Å². The molecule has 0 heterocycles. The highest BCUT2D eigenvalue weighted by molar-refractivity contribution is 7.87. The Bertz CT molecular complexity index is 674. The number of nitrogens with one attached hydrogen (secondary N) is 1. The van der Waals surface area contributed by atoms with E-state index in [2.05, 4.69) is 5.32 Å². The second kappa shape index (κ2) is 7.01. The second-order valence-electron chi connectivity index (χ2n) is 7.11. The molecule has 1 fully saturated rings. The topological polar surface area (TPSA) is 75.7 Å². The van der Waals surface area contributed by atoms with Gasteiger partial charge in [0.05, 0.1) is 5.75 Å². The fourth-order valence-corrected chi connectivity index (χ4v) is 2.72. The second-order valence-corrected chi connectivity index (χ2v) is 8.97. The van der Waals surface area contributed by atoms with E-state index in [0.717, 1.165) is 18.4 Å². The highest BCUT2D eigenvalue weighted by Gasteiger charge is 2.33. The lowest BCUT2D eigenvalue weighted by Gasteiger charge is -2.28. The zero-order valence-electron chi connectivity index (χ0n) is 14.7. The molecular formula is C17H26N2O4S. The highest BCUT2D eigenvalue weighted by atomic mass is 32.2. The van der Waals surface area contributed by atoms with Gasteiger partial charge in [-0.15, -0.1) is 0 Å². The molecule has 1 aromatic rings. The Kier molecular flexibility index (Phi) is 5.42. The number of urea groups is 1. The largest absolute Gasteiger partial charge is 0.382 e. The predicted octanol–water partition coefficient (Wildman–Crippen LogP) is 2.89. The first-order chi connectivity index (χ1) is 11.1. The van der Waals surface area contributed by atoms with E-state index >= 15 is 0 Å². The summed E-state index contributed by atoms with van der Waals surface area (Å²) in [6.45, 7) is 7.89. The molecular weight excluding hydrogens is 328 g/mol. The van der Waals surface area contributed by atoms with Gasteiger partial charge in [0.2, 0.25) is 0 Å². The fraction of sp³-hybridized carbons (Fsp3) is 0.588. The molecule has 134 valence electrons. The predicted molar refractivity (Wildman–Crippen MR) is 93.4 cm³/mol. The van der Waals surface area contributed by atoms with Crippen LogP contribution in [0, 0.1) is 0 Å². The Morgan fingerprint density at radius 1 is 1.25 bits per heavy atom. The number of hydrogen-bond acceptors (Lipinski definition) is 4. The highest BCUT2D eigenvalue weighted by Crippen LogP contribution is 2.29. The molecule has 0 spiro atoms. The van der Waals surface area contributed by atoms with Crippen LogP contribution in [0.2, 0.25) is 0 Å². The van der Waals surface area contributed by atoms with E-state index in [0.29, 0.717) is 6.54 Å². The molecule has 2 amide bonds. The molecule has 7 heteroatoms. The maximum atomic E-state index is 12.4. The zero-order chi connectivity index (χ0) is 18.0. The Morgan fingerprint density at radius 3 is 2.29 bits per heavy atom. The van der Waals surface area contributed by atoms with Crippen molar-refractivity contribution in [2.45, 2.75) is 58.7 Å². The quantitative estimate of drug-likeness (QED) is 0.797. The number of benzene rings is 1. The first-order valence-electron chi connectivity index (χ1n) is 8.19. The number of nitrogens with zero attached hydrogens (tertiary/aromatic N) is 1. The van der Waals surface area contributed by atoms with Crippen LogP contribution in [0.4, 0.5) is 4.79 Å². The third-order valence-electron chi connectivity index (χ3n) is 3.58. The average molecular weight is 354 g/mol. The van der Waals surface area contributed by atoms with Gasteiger partial charge in [0.25, 0.3) is 0 Å². The molecule has 24 heavy (non-hydrogen) atoms. The van der Waals surface area contributed by atoms with Gasteiger partial charge in [-0.2, -0.15) is 8.42 Å². The Balaban J connectivity index is 2.04. The van der Waals surface area contributed by atoms with Crippen molar-refractivity contribution in [3.63, 3.8) is 0 Å². The van der Waals surface area contributed by atoms with Gasteiger partial charge in [-0.25, -0.2) is 4.79 Å². The molecule has 0 radical (unpaired) electrons. The van der Waals surface area contributed by atoms with Crippen LogP contribution in [0.15, 0.2) is 24.3 Å². The van der Waals surface area contributed by atoms with Crippen LogP contribution < -0.4 is 9.50 Å². The van der Waals surface area contributed by atoms with Gasteiger partial charge in [-0.1, -0.05) is 12.1 Å². The molecule has 0 atom stereocenters. The van der Waals surface area contributed by atoms with Crippen LogP contribution in [-0.4, -0.2) is 36.7 Å². The van der Waals surface area contributed by atoms with Gasteiger partial charge in [0.1, 0.15) is 5.75 Å². The normalized spacial score (nSPS) is 15.0. The first-order valence-corrected chi connectivity index (χ1v) is 9.77. The lowest BCUT2D eigenvalue weighted by atomic mass is 10.1. The maximum absolute atomic E-state index is 12.4. The number of rotatable bonds is 6. The molecule has 0 bridgehead atoms. The van der Waals surface area contributed by atoms with Crippen molar-refractivity contribution in [3.05, 3.63) is 29.8 Å². The van der Waals surface area contributed by atoms with Crippen molar-refractivity contribution in [3.8, 4) is 5.75 Å². The minimum Gasteiger partial charge on any atom is -0.382 e. The van der Waals surface area contributed by atoms with Crippen LogP contribution in [0.25, 0.3) is 0 Å². The van der Waals surface area contributed by atoms with Crippen LogP contribution in [-0.2, 0) is 16.7 Å². The third kappa shape index (κ3) is 5.70. The van der Waals surface area contributed by atoms with Crippen molar-refractivity contribution in [1.29, 1.82) is 0 Å². The summed E-state index contributed by atoms with van der Waals surface area (Å²) in [5, 5.41) is 2.99. The molecule has 0 aliphatic heterocycles. The minimum atomic E-state index is -3.52. The Labute approximate surface area is 144 Å². The van der Waals surface area contributed by atoms with Gasteiger partial charge in [0.15, 0.2) is 0 Å². The zero-order valence-corrected chi connectivity index (χ0v) is 15.5. The molecule has 1 aliphatic rings. The number of hydrogen-bond donors (Lipinski definition) is 1. The van der Waals surface area contributed by atoms with Crippen LogP contribution >= 0.6 is 0 Å². The van der Waals surface area contributed by atoms with Crippen LogP contribution in [0.3, 0.4) is 0 Å². The summed E-state index contributed by atoms with van der Waals surface area (Å²) < 4.78 is 27.9. The summed E-state index contributed by atoms with van der Waals surface area (Å²) in [7, 11) is -3.52. The van der Waals surface area contributed by atoms with Crippen molar-refractivity contribution < 1.29 is 17.4 Å². The average Bonchev–Trinajstić information content (AvgIpc) is 3.28. The van der Waals surface area contributed by atoms with Gasteiger partial charge in [-0.05, 0) is 58.2 Å². The molecule has 0 saturated heterocycles. The van der Waals surface area contributed by atoms with Gasteiger partial charge in [0, 0.05) is 18.1 Å². The van der Waals surface area contributed by atoms with E-state index in [1.165, 1.54) is 6.92 Å². The smallest absolute Gasteiger partial charge is 0.318 e. The number of carbonyl (C=O) groups is 1. The first kappa shape index (κ1) is 18.6. The fourth-order valence-electron chi connectivity index (χ4n) is 2.20. The molecule has 0 aromatic heterocycles. The summed E-state index contributed by atoms with van der Waals surface area (Å²) in [5.41, 5.74) is 0.656. The van der Waals surface area contributed by atoms with Crippen LogP contribution in [0.5, 0.6) is 5.75 Å². The molecule has 1 saturated carbocycles. The SMILES string of the molecule is CCS(=O)(=O)Oc1ccc(CN(C(=O)NC(C)(C)C)C2CC2)cc1. The van der Waals surface area contributed by atoms with Gasteiger partial charge in [-0.3, -0.25) is 0 Å². The summed E-state index contributed by atoms with van der Waals surface area (Å²) in [4.78, 5) is 14.3. The minimum absolute atomic E-state index is 0.0705.